The summed E-state index contributed by atoms with van der Waals surface area (Å²) >= 11 is 0. The smallest absolute Gasteiger partial charge is 0.295 e. The Labute approximate surface area is 158 Å². The number of hydrogen-bond acceptors (Lipinski definition) is 4. The lowest BCUT2D eigenvalue weighted by Gasteiger charge is -2.40. The van der Waals surface area contributed by atoms with Crippen molar-refractivity contribution in [2.24, 2.45) is 4.99 Å². The molecule has 0 N–H and O–H groups in total. The van der Waals surface area contributed by atoms with E-state index in [0.717, 1.165) is 37.9 Å². The normalized spacial score (nSPS) is 22.9. The van der Waals surface area contributed by atoms with Gasteiger partial charge in [0.2, 0.25) is 0 Å². The third-order valence-electron chi connectivity index (χ3n) is 5.90. The van der Waals surface area contributed by atoms with Gasteiger partial charge in [-0.3, -0.25) is 4.79 Å². The average Bonchev–Trinajstić information content (AvgIpc) is 3.05. The van der Waals surface area contributed by atoms with E-state index in [0.29, 0.717) is 24.8 Å². The van der Waals surface area contributed by atoms with E-state index in [-0.39, 0.29) is 11.5 Å². The molecule has 0 radical (unpaired) electrons. The maximum Gasteiger partial charge on any atom is 0.295 e. The van der Waals surface area contributed by atoms with Crippen LogP contribution in [0, 0.1) is 0 Å². The molecule has 0 bridgehead atoms. The number of hydrogen-bond donors (Lipinski definition) is 0. The molecule has 3 aliphatic heterocycles. The zero-order valence-electron chi connectivity index (χ0n) is 15.2. The van der Waals surface area contributed by atoms with E-state index in [1.54, 1.807) is 0 Å². The Morgan fingerprint density at radius 3 is 2.56 bits per heavy atom. The molecule has 2 aromatic carbocycles. The van der Waals surface area contributed by atoms with Crippen LogP contribution in [-0.4, -0.2) is 36.5 Å². The van der Waals surface area contributed by atoms with E-state index in [4.69, 9.17) is 9.47 Å². The Hall–Kier alpha value is -2.66. The number of nitrogens with zero attached hydrogens (tertiary/aromatic N) is 2. The Morgan fingerprint density at radius 1 is 0.963 bits per heavy atom. The van der Waals surface area contributed by atoms with Gasteiger partial charge in [0.1, 0.15) is 0 Å². The Balaban J connectivity index is 1.36. The maximum absolute atomic E-state index is 12.6. The summed E-state index contributed by atoms with van der Waals surface area (Å²) in [4.78, 5) is 19.0. The second-order valence-electron chi connectivity index (χ2n) is 7.38. The van der Waals surface area contributed by atoms with E-state index >= 15 is 0 Å². The van der Waals surface area contributed by atoms with E-state index in [9.17, 15) is 4.79 Å². The van der Waals surface area contributed by atoms with Crippen molar-refractivity contribution < 1.29 is 14.3 Å². The van der Waals surface area contributed by atoms with Gasteiger partial charge in [-0.2, -0.15) is 4.99 Å². The second-order valence-corrected chi connectivity index (χ2v) is 7.38. The Bertz CT molecular complexity index is 913. The molecule has 5 heteroatoms. The molecule has 0 atom stereocenters. The highest BCUT2D eigenvalue weighted by Crippen LogP contribution is 2.44. The number of carbonyl (C=O) groups is 1. The summed E-state index contributed by atoms with van der Waals surface area (Å²) in [7, 11) is 0. The van der Waals surface area contributed by atoms with Crippen molar-refractivity contribution in [2.45, 2.75) is 31.5 Å². The van der Waals surface area contributed by atoms with Crippen molar-refractivity contribution in [3.8, 4) is 0 Å². The van der Waals surface area contributed by atoms with E-state index < -0.39 is 0 Å². The number of benzene rings is 2. The molecule has 0 saturated carbocycles. The minimum atomic E-state index is -0.219. The third kappa shape index (κ3) is 2.82. The van der Waals surface area contributed by atoms with Crippen LogP contribution >= 0.6 is 0 Å². The molecule has 1 saturated heterocycles. The lowest BCUT2D eigenvalue weighted by Crippen LogP contribution is -2.46. The number of amidine groups is 1. The summed E-state index contributed by atoms with van der Waals surface area (Å²) < 4.78 is 12.1. The first-order valence-electron chi connectivity index (χ1n) is 9.56. The van der Waals surface area contributed by atoms with Gasteiger partial charge < -0.3 is 14.4 Å². The minimum Gasteiger partial charge on any atom is -0.464 e. The number of ether oxygens (including phenoxy) is 2. The van der Waals surface area contributed by atoms with Gasteiger partial charge >= 0.3 is 0 Å². The fraction of sp³-hybridized carbons (Fsp3) is 0.364. The minimum absolute atomic E-state index is 0.202. The molecule has 1 fully saturated rings. The lowest BCUT2D eigenvalue weighted by atomic mass is 9.84. The molecule has 3 heterocycles. The molecule has 0 aromatic heterocycles. The van der Waals surface area contributed by atoms with E-state index in [1.807, 2.05) is 24.3 Å². The summed E-state index contributed by atoms with van der Waals surface area (Å²) in [5.74, 6) is -0.219. The predicted molar refractivity (Wildman–Crippen MR) is 102 cm³/mol. The molecule has 3 aliphatic rings. The van der Waals surface area contributed by atoms with Gasteiger partial charge in [0.15, 0.2) is 0 Å². The van der Waals surface area contributed by atoms with Gasteiger partial charge in [0.05, 0.1) is 18.8 Å². The van der Waals surface area contributed by atoms with Crippen LogP contribution in [0.15, 0.2) is 53.5 Å². The van der Waals surface area contributed by atoms with Crippen LogP contribution in [0.1, 0.15) is 39.9 Å². The van der Waals surface area contributed by atoms with Crippen LogP contribution in [0.2, 0.25) is 0 Å². The quantitative estimate of drug-likeness (QED) is 0.722. The zero-order chi connectivity index (χ0) is 18.3. The molecular formula is C22H22N2O3. The predicted octanol–water partition coefficient (Wildman–Crippen LogP) is 3.28. The highest BCUT2D eigenvalue weighted by molar-refractivity contribution is 6.02. The zero-order valence-corrected chi connectivity index (χ0v) is 15.2. The monoisotopic (exact) mass is 362 g/mol. The number of fused-ring (bicyclic) bond motifs is 3. The van der Waals surface area contributed by atoms with Gasteiger partial charge in [0, 0.05) is 25.1 Å². The first kappa shape index (κ1) is 16.5. The Kier molecular flexibility index (Phi) is 3.97. The summed E-state index contributed by atoms with van der Waals surface area (Å²) in [5, 5.41) is 0. The van der Waals surface area contributed by atoms with E-state index in [1.165, 1.54) is 11.1 Å². The second kappa shape index (κ2) is 6.50. The molecule has 0 aliphatic carbocycles. The van der Waals surface area contributed by atoms with Crippen molar-refractivity contribution >= 4 is 11.9 Å². The van der Waals surface area contributed by atoms with Crippen LogP contribution in [0.5, 0.6) is 0 Å². The maximum atomic E-state index is 12.6. The number of carbonyl (C=O) groups excluding carboxylic acids is 1. The van der Waals surface area contributed by atoms with Crippen LogP contribution in [0.25, 0.3) is 0 Å². The summed E-state index contributed by atoms with van der Waals surface area (Å²) in [6, 6.07) is 16.6. The van der Waals surface area contributed by atoms with Gasteiger partial charge in [0.25, 0.3) is 11.9 Å². The number of likely N-dealkylation sites (tertiary alicyclic amines) is 1. The first-order valence-corrected chi connectivity index (χ1v) is 9.56. The molecule has 5 rings (SSSR count). The largest absolute Gasteiger partial charge is 0.464 e. The van der Waals surface area contributed by atoms with Gasteiger partial charge in [-0.15, -0.1) is 0 Å². The standard InChI is InChI=1S/C22H22N2O3/c25-20-18-7-3-1-5-16(18)9-14-26-21(23-20)24-12-10-22(11-13-24)19-8-4-2-6-17(19)15-27-22/h1-8H,9-15H2/b23-21-. The van der Waals surface area contributed by atoms with E-state index in [2.05, 4.69) is 34.2 Å². The van der Waals surface area contributed by atoms with Crippen molar-refractivity contribution in [3.63, 3.8) is 0 Å². The molecule has 27 heavy (non-hydrogen) atoms. The summed E-state index contributed by atoms with van der Waals surface area (Å²) in [5.41, 5.74) is 4.08. The van der Waals surface area contributed by atoms with Crippen molar-refractivity contribution in [2.75, 3.05) is 19.7 Å². The molecule has 5 nitrogen and oxygen atoms in total. The molecule has 0 unspecified atom stereocenters. The van der Waals surface area contributed by atoms with Crippen LogP contribution in [0.3, 0.4) is 0 Å². The van der Waals surface area contributed by atoms with Gasteiger partial charge in [-0.25, -0.2) is 0 Å². The van der Waals surface area contributed by atoms with Gasteiger partial charge in [-0.1, -0.05) is 42.5 Å². The molecule has 1 amide bonds. The fourth-order valence-electron chi connectivity index (χ4n) is 4.40. The van der Waals surface area contributed by atoms with Crippen molar-refractivity contribution in [1.29, 1.82) is 0 Å². The van der Waals surface area contributed by atoms with Crippen LogP contribution in [0.4, 0.5) is 0 Å². The number of rotatable bonds is 0. The summed E-state index contributed by atoms with van der Waals surface area (Å²) in [6.07, 6.45) is 2.46. The molecule has 1 spiro atoms. The highest BCUT2D eigenvalue weighted by atomic mass is 16.5. The van der Waals surface area contributed by atoms with Crippen molar-refractivity contribution in [3.05, 3.63) is 70.8 Å². The average molecular weight is 362 g/mol. The molecular weight excluding hydrogens is 340 g/mol. The number of amides is 1. The number of aliphatic imine (C=N–C) groups is 1. The fourth-order valence-corrected chi connectivity index (χ4v) is 4.40. The third-order valence-corrected chi connectivity index (χ3v) is 5.90. The molecule has 138 valence electrons. The lowest BCUT2D eigenvalue weighted by molar-refractivity contribution is -0.0727. The van der Waals surface area contributed by atoms with Crippen molar-refractivity contribution in [1.82, 2.24) is 4.90 Å². The van der Waals surface area contributed by atoms with Crippen LogP contribution < -0.4 is 0 Å². The topological polar surface area (TPSA) is 51.1 Å². The molecule has 2 aromatic rings. The van der Waals surface area contributed by atoms with Crippen LogP contribution in [-0.2, 0) is 28.1 Å². The Morgan fingerprint density at radius 2 is 1.70 bits per heavy atom. The van der Waals surface area contributed by atoms with Gasteiger partial charge in [-0.05, 0) is 35.6 Å². The highest BCUT2D eigenvalue weighted by Gasteiger charge is 2.43. The summed E-state index contributed by atoms with van der Waals surface area (Å²) in [6.45, 7) is 2.75. The first-order chi connectivity index (χ1) is 13.3. The SMILES string of the molecule is O=C1/N=C(/N2CCC3(CC2)OCc2ccccc23)OCCc2ccccc21. The number of piperidine rings is 1.